The van der Waals surface area contributed by atoms with Crippen LogP contribution >= 0.6 is 11.3 Å². The highest BCUT2D eigenvalue weighted by Gasteiger charge is 2.08. The third-order valence-electron chi connectivity index (χ3n) is 4.60. The summed E-state index contributed by atoms with van der Waals surface area (Å²) >= 11 is 1.56. The zero-order valence-corrected chi connectivity index (χ0v) is 16.7. The van der Waals surface area contributed by atoms with E-state index in [1.54, 1.807) is 17.4 Å². The number of hydrogen-bond donors (Lipinski definition) is 1. The first-order chi connectivity index (χ1) is 12.2. The minimum Gasteiger partial charge on any atom is -0.484 e. The van der Waals surface area contributed by atoms with Gasteiger partial charge >= 0.3 is 0 Å². The van der Waals surface area contributed by atoms with Gasteiger partial charge in [-0.15, -0.1) is 0 Å². The van der Waals surface area contributed by atoms with Crippen LogP contribution in [0.3, 0.4) is 0 Å². The second kappa shape index (κ2) is 11.3. The van der Waals surface area contributed by atoms with Crippen molar-refractivity contribution in [2.75, 3.05) is 6.61 Å². The molecule has 0 unspecified atom stereocenters. The van der Waals surface area contributed by atoms with Gasteiger partial charge in [-0.25, -0.2) is 0 Å². The van der Waals surface area contributed by atoms with E-state index in [-0.39, 0.29) is 5.43 Å². The number of unbranched alkanes of at least 4 members (excludes halogenated alkanes) is 8. The summed E-state index contributed by atoms with van der Waals surface area (Å²) in [5.74, 6) is 0. The third-order valence-corrected chi connectivity index (χ3v) is 5.56. The lowest BCUT2D eigenvalue weighted by Crippen LogP contribution is -2.03. The van der Waals surface area contributed by atoms with Gasteiger partial charge in [0.15, 0.2) is 10.5 Å². The maximum atomic E-state index is 12.3. The van der Waals surface area contributed by atoms with Gasteiger partial charge in [-0.2, -0.15) is 0 Å². The van der Waals surface area contributed by atoms with Crippen LogP contribution in [0, 0.1) is 0 Å². The van der Waals surface area contributed by atoms with Crippen molar-refractivity contribution in [3.8, 4) is 5.06 Å². The van der Waals surface area contributed by atoms with Crippen molar-refractivity contribution in [1.29, 1.82) is 0 Å². The summed E-state index contributed by atoms with van der Waals surface area (Å²) in [5.41, 5.74) is 1.18. The molecule has 0 aliphatic heterocycles. The topological polar surface area (TPSA) is 42.1 Å². The lowest BCUT2D eigenvalue weighted by Gasteiger charge is -2.02. The minimum absolute atomic E-state index is 0.117. The third kappa shape index (κ3) is 6.85. The Hall–Kier alpha value is -1.29. The smallest absolute Gasteiger partial charge is 0.190 e. The van der Waals surface area contributed by atoms with E-state index in [4.69, 9.17) is 4.74 Å². The Balaban J connectivity index is 1.86. The van der Waals surface area contributed by atoms with Crippen LogP contribution in [0.1, 0.15) is 83.7 Å². The largest absolute Gasteiger partial charge is 0.484 e. The zero-order chi connectivity index (χ0) is 17.9. The predicted octanol–water partition coefficient (Wildman–Crippen LogP) is 6.45. The molecule has 0 saturated carbocycles. The van der Waals surface area contributed by atoms with Crippen LogP contribution in [0.5, 0.6) is 5.06 Å². The Morgan fingerprint density at radius 1 is 0.920 bits per heavy atom. The Kier molecular flexibility index (Phi) is 9.09. The van der Waals surface area contributed by atoms with Gasteiger partial charge in [0.2, 0.25) is 0 Å². The molecular formula is C21H33NO2S. The van der Waals surface area contributed by atoms with Crippen LogP contribution < -0.4 is 10.2 Å². The van der Waals surface area contributed by atoms with Crippen LogP contribution in [0.25, 0.3) is 10.2 Å². The number of pyridine rings is 1. The van der Waals surface area contributed by atoms with Gasteiger partial charge < -0.3 is 9.72 Å². The van der Waals surface area contributed by atoms with E-state index >= 15 is 0 Å². The molecule has 0 radical (unpaired) electrons. The molecule has 3 nitrogen and oxygen atoms in total. The number of hydrogen-bond acceptors (Lipinski definition) is 3. The van der Waals surface area contributed by atoms with Gasteiger partial charge in [0.05, 0.1) is 12.0 Å². The highest BCUT2D eigenvalue weighted by molar-refractivity contribution is 7.20. The van der Waals surface area contributed by atoms with Crippen molar-refractivity contribution in [1.82, 2.24) is 4.98 Å². The Morgan fingerprint density at radius 3 is 2.36 bits per heavy atom. The number of thiophene rings is 1. The lowest BCUT2D eigenvalue weighted by atomic mass is 10.1. The second-order valence-electron chi connectivity index (χ2n) is 6.89. The number of nitrogens with one attached hydrogen (secondary N) is 1. The molecule has 0 saturated heterocycles. The standard InChI is InChI=1S/C21H33NO2S/c1-3-5-7-9-10-11-13-17-15-19(23)18-16-20(25-21(18)22-17)24-14-12-8-6-4-2/h15-16H,3-14H2,1-2H3,(H,22,23). The van der Waals surface area contributed by atoms with Crippen molar-refractivity contribution in [3.05, 3.63) is 28.0 Å². The average Bonchev–Trinajstić information content (AvgIpc) is 3.01. The van der Waals surface area contributed by atoms with Gasteiger partial charge in [0.25, 0.3) is 0 Å². The lowest BCUT2D eigenvalue weighted by molar-refractivity contribution is 0.314. The van der Waals surface area contributed by atoms with E-state index in [2.05, 4.69) is 18.8 Å². The van der Waals surface area contributed by atoms with E-state index in [9.17, 15) is 4.79 Å². The highest BCUT2D eigenvalue weighted by atomic mass is 32.1. The summed E-state index contributed by atoms with van der Waals surface area (Å²) in [5, 5.41) is 1.62. The normalized spacial score (nSPS) is 11.3. The summed E-state index contributed by atoms with van der Waals surface area (Å²) in [4.78, 5) is 16.7. The first-order valence-corrected chi connectivity index (χ1v) is 10.8. The molecule has 2 aromatic heterocycles. The van der Waals surface area contributed by atoms with Crippen molar-refractivity contribution >= 4 is 21.6 Å². The van der Waals surface area contributed by atoms with Crippen molar-refractivity contribution in [3.63, 3.8) is 0 Å². The fourth-order valence-corrected chi connectivity index (χ4v) is 4.04. The molecule has 0 fully saturated rings. The minimum atomic E-state index is 0.117. The number of fused-ring (bicyclic) bond motifs is 1. The quantitative estimate of drug-likeness (QED) is 0.415. The first kappa shape index (κ1) is 20.0. The monoisotopic (exact) mass is 363 g/mol. The molecule has 1 N–H and O–H groups in total. The zero-order valence-electron chi connectivity index (χ0n) is 15.9. The number of aromatic amines is 1. The first-order valence-electron chi connectivity index (χ1n) is 10.0. The van der Waals surface area contributed by atoms with Gasteiger partial charge in [0.1, 0.15) is 4.83 Å². The molecule has 2 aromatic rings. The van der Waals surface area contributed by atoms with Crippen LogP contribution in [0.4, 0.5) is 0 Å². The Morgan fingerprint density at radius 2 is 1.60 bits per heavy atom. The van der Waals surface area contributed by atoms with Gasteiger partial charge in [0, 0.05) is 17.8 Å². The highest BCUT2D eigenvalue weighted by Crippen LogP contribution is 2.29. The fraction of sp³-hybridized carbons (Fsp3) is 0.667. The molecule has 140 valence electrons. The van der Waals surface area contributed by atoms with Crippen molar-refractivity contribution in [2.45, 2.75) is 84.5 Å². The maximum Gasteiger partial charge on any atom is 0.190 e. The predicted molar refractivity (Wildman–Crippen MR) is 109 cm³/mol. The van der Waals surface area contributed by atoms with Crippen LogP contribution in [-0.4, -0.2) is 11.6 Å². The van der Waals surface area contributed by atoms with E-state index in [1.807, 2.05) is 6.07 Å². The maximum absolute atomic E-state index is 12.3. The van der Waals surface area contributed by atoms with E-state index in [1.165, 1.54) is 51.4 Å². The Labute approximate surface area is 155 Å². The molecule has 4 heteroatoms. The van der Waals surface area contributed by atoms with E-state index in [0.717, 1.165) is 46.8 Å². The molecule has 25 heavy (non-hydrogen) atoms. The molecule has 0 atom stereocenters. The summed E-state index contributed by atoms with van der Waals surface area (Å²) in [7, 11) is 0. The molecule has 2 heterocycles. The van der Waals surface area contributed by atoms with E-state index in [0.29, 0.717) is 0 Å². The number of aromatic nitrogens is 1. The molecule has 0 aromatic carbocycles. The summed E-state index contributed by atoms with van der Waals surface area (Å²) in [6.45, 7) is 5.19. The number of rotatable bonds is 13. The van der Waals surface area contributed by atoms with Gasteiger partial charge in [-0.05, 0) is 19.3 Å². The van der Waals surface area contributed by atoms with Crippen molar-refractivity contribution < 1.29 is 4.74 Å². The molecule has 0 aliphatic carbocycles. The summed E-state index contributed by atoms with van der Waals surface area (Å²) in [6.07, 6.45) is 13.4. The van der Waals surface area contributed by atoms with Crippen molar-refractivity contribution in [2.24, 2.45) is 0 Å². The van der Waals surface area contributed by atoms with Crippen LogP contribution in [0.2, 0.25) is 0 Å². The average molecular weight is 364 g/mol. The second-order valence-corrected chi connectivity index (χ2v) is 7.91. The summed E-state index contributed by atoms with van der Waals surface area (Å²) in [6, 6.07) is 3.67. The molecule has 0 spiro atoms. The SMILES string of the molecule is CCCCCCCCc1cc(=O)c2cc(OCCCCCC)sc2[nH]1. The molecule has 0 bridgehead atoms. The molecule has 0 amide bonds. The molecular weight excluding hydrogens is 330 g/mol. The van der Waals surface area contributed by atoms with Gasteiger partial charge in [-0.1, -0.05) is 76.6 Å². The Bertz CT molecular complexity index is 674. The number of aryl methyl sites for hydroxylation is 1. The van der Waals surface area contributed by atoms with Crippen LogP contribution in [-0.2, 0) is 6.42 Å². The number of ether oxygens (including phenoxy) is 1. The molecule has 2 rings (SSSR count). The number of H-pyrrole nitrogens is 1. The van der Waals surface area contributed by atoms with E-state index < -0.39 is 0 Å². The summed E-state index contributed by atoms with van der Waals surface area (Å²) < 4.78 is 5.83. The molecule has 0 aliphatic rings. The van der Waals surface area contributed by atoms with Gasteiger partial charge in [-0.3, -0.25) is 4.79 Å². The van der Waals surface area contributed by atoms with Crippen LogP contribution in [0.15, 0.2) is 16.9 Å². The fourth-order valence-electron chi connectivity index (χ4n) is 3.07.